The Morgan fingerprint density at radius 1 is 1.27 bits per heavy atom. The molecular weight excluding hydrogens is 303 g/mol. The number of carbonyl (C=O) groups is 1. The Hall–Kier alpha value is -2.21. The second-order valence-corrected chi connectivity index (χ2v) is 7.10. The van der Waals surface area contributed by atoms with Gasteiger partial charge in [0.2, 0.25) is 0 Å². The Kier molecular flexibility index (Phi) is 3.29. The largest absolute Gasteiger partial charge is 0.477 e. The summed E-state index contributed by atoms with van der Waals surface area (Å²) < 4.78 is 14.8. The average Bonchev–Trinajstić information content (AvgIpc) is 2.94. The van der Waals surface area contributed by atoms with Crippen molar-refractivity contribution in [1.82, 2.24) is 9.38 Å². The smallest absolute Gasteiger partial charge is 0.347 e. The molecule has 4 nitrogen and oxygen atoms in total. The molecule has 0 aliphatic carbocycles. The lowest BCUT2D eigenvalue weighted by molar-refractivity contribution is 0.0699. The summed E-state index contributed by atoms with van der Waals surface area (Å²) in [5, 5.41) is 9.39. The highest BCUT2D eigenvalue weighted by Gasteiger charge is 2.28. The predicted octanol–water partition coefficient (Wildman–Crippen LogP) is 4.20. The Balaban J connectivity index is 2.21. The third-order valence-electron chi connectivity index (χ3n) is 3.37. The van der Waals surface area contributed by atoms with E-state index in [4.69, 9.17) is 0 Å². The maximum absolute atomic E-state index is 13.0. The van der Waals surface area contributed by atoms with Gasteiger partial charge in [0.15, 0.2) is 4.96 Å². The van der Waals surface area contributed by atoms with Crippen molar-refractivity contribution < 1.29 is 14.3 Å². The lowest BCUT2D eigenvalue weighted by Crippen LogP contribution is -2.17. The van der Waals surface area contributed by atoms with Crippen LogP contribution in [0.1, 0.15) is 36.1 Å². The van der Waals surface area contributed by atoms with Crippen LogP contribution >= 0.6 is 11.3 Å². The normalized spacial score (nSPS) is 12.0. The van der Waals surface area contributed by atoms with Crippen molar-refractivity contribution in [2.24, 2.45) is 0 Å². The van der Waals surface area contributed by atoms with E-state index in [0.29, 0.717) is 15.5 Å². The molecule has 0 saturated heterocycles. The van der Waals surface area contributed by atoms with Crippen LogP contribution in [0.15, 0.2) is 30.5 Å². The lowest BCUT2D eigenvalue weighted by atomic mass is 9.91. The topological polar surface area (TPSA) is 54.6 Å². The number of carboxylic acids is 1. The molecule has 0 aliphatic rings. The van der Waals surface area contributed by atoms with Crippen molar-refractivity contribution in [3.05, 3.63) is 46.9 Å². The lowest BCUT2D eigenvalue weighted by Gasteiger charge is -2.18. The van der Waals surface area contributed by atoms with E-state index in [0.717, 1.165) is 22.6 Å². The van der Waals surface area contributed by atoms with Crippen LogP contribution < -0.4 is 0 Å². The van der Waals surface area contributed by atoms with Gasteiger partial charge in [0.1, 0.15) is 10.7 Å². The number of thiazole rings is 1. The number of aromatic carboxylic acids is 1. The van der Waals surface area contributed by atoms with Crippen LogP contribution in [0.5, 0.6) is 0 Å². The fourth-order valence-corrected chi connectivity index (χ4v) is 3.61. The molecular formula is C16H15FN2O2S. The van der Waals surface area contributed by atoms with Crippen LogP contribution in [0.4, 0.5) is 4.39 Å². The molecule has 1 aromatic carbocycles. The first-order valence-corrected chi connectivity index (χ1v) is 7.60. The number of hydrogen-bond donors (Lipinski definition) is 1. The summed E-state index contributed by atoms with van der Waals surface area (Å²) >= 11 is 1.16. The van der Waals surface area contributed by atoms with Gasteiger partial charge in [0, 0.05) is 17.2 Å². The van der Waals surface area contributed by atoms with Gasteiger partial charge < -0.3 is 5.11 Å². The molecule has 0 amide bonds. The maximum Gasteiger partial charge on any atom is 0.347 e. The van der Waals surface area contributed by atoms with Crippen LogP contribution in [0.25, 0.3) is 16.2 Å². The highest BCUT2D eigenvalue weighted by Crippen LogP contribution is 2.34. The van der Waals surface area contributed by atoms with Crippen LogP contribution in [0.3, 0.4) is 0 Å². The van der Waals surface area contributed by atoms with Crippen molar-refractivity contribution in [3.8, 4) is 11.3 Å². The van der Waals surface area contributed by atoms with Gasteiger partial charge in [-0.3, -0.25) is 4.40 Å². The van der Waals surface area contributed by atoms with Crippen molar-refractivity contribution in [2.45, 2.75) is 26.2 Å². The van der Waals surface area contributed by atoms with E-state index < -0.39 is 5.97 Å². The maximum atomic E-state index is 13.0. The molecule has 114 valence electrons. The molecule has 0 fully saturated rings. The Bertz CT molecular complexity index is 857. The quantitative estimate of drug-likeness (QED) is 0.770. The Morgan fingerprint density at radius 2 is 1.91 bits per heavy atom. The summed E-state index contributed by atoms with van der Waals surface area (Å²) in [6.45, 7) is 5.91. The minimum Gasteiger partial charge on any atom is -0.477 e. The van der Waals surface area contributed by atoms with Gasteiger partial charge in [0.05, 0.1) is 11.4 Å². The first-order chi connectivity index (χ1) is 10.3. The molecule has 0 radical (unpaired) electrons. The van der Waals surface area contributed by atoms with E-state index in [2.05, 4.69) is 4.98 Å². The Labute approximate surface area is 130 Å². The van der Waals surface area contributed by atoms with Gasteiger partial charge in [-0.1, -0.05) is 32.1 Å². The molecule has 3 rings (SSSR count). The zero-order valence-corrected chi connectivity index (χ0v) is 13.2. The summed E-state index contributed by atoms with van der Waals surface area (Å²) in [5.74, 6) is -1.24. The van der Waals surface area contributed by atoms with Gasteiger partial charge in [0.25, 0.3) is 0 Å². The number of imidazole rings is 1. The zero-order chi connectivity index (χ0) is 16.1. The number of hydrogen-bond acceptors (Lipinski definition) is 3. The van der Waals surface area contributed by atoms with Crippen molar-refractivity contribution in [2.75, 3.05) is 0 Å². The zero-order valence-electron chi connectivity index (χ0n) is 12.4. The number of rotatable bonds is 2. The molecule has 22 heavy (non-hydrogen) atoms. The number of carboxylic acid groups (broad SMARTS) is 1. The van der Waals surface area contributed by atoms with E-state index in [9.17, 15) is 14.3 Å². The predicted molar refractivity (Wildman–Crippen MR) is 84.1 cm³/mol. The van der Waals surface area contributed by atoms with Crippen molar-refractivity contribution in [1.29, 1.82) is 0 Å². The van der Waals surface area contributed by atoms with Crippen LogP contribution in [-0.4, -0.2) is 20.5 Å². The summed E-state index contributed by atoms with van der Waals surface area (Å²) in [6.07, 6.45) is 1.81. The average molecular weight is 318 g/mol. The van der Waals surface area contributed by atoms with Crippen molar-refractivity contribution in [3.63, 3.8) is 0 Å². The molecule has 0 spiro atoms. The number of fused-ring (bicyclic) bond motifs is 1. The van der Waals surface area contributed by atoms with Gasteiger partial charge in [-0.15, -0.1) is 0 Å². The minimum absolute atomic E-state index is 0.298. The SMILES string of the molecule is CC(C)(C)c1c(C(=O)O)sc2nc(-c3ccc(F)cc3)cn12. The van der Waals surface area contributed by atoms with Crippen LogP contribution in [0, 0.1) is 5.82 Å². The minimum atomic E-state index is -0.941. The standard InChI is InChI=1S/C16H15FN2O2S/c1-16(2,3)13-12(14(20)21)22-15-18-11(8-19(13)15)9-4-6-10(17)7-5-9/h4-8H,1-3H3,(H,20,21). The fraction of sp³-hybridized carbons (Fsp3) is 0.250. The van der Waals surface area contributed by atoms with Gasteiger partial charge in [-0.25, -0.2) is 14.2 Å². The van der Waals surface area contributed by atoms with Gasteiger partial charge >= 0.3 is 5.97 Å². The number of halogens is 1. The third-order valence-corrected chi connectivity index (χ3v) is 4.41. The van der Waals surface area contributed by atoms with Crippen molar-refractivity contribution >= 4 is 22.3 Å². The van der Waals surface area contributed by atoms with E-state index >= 15 is 0 Å². The van der Waals surface area contributed by atoms with E-state index in [1.807, 2.05) is 31.4 Å². The van der Waals surface area contributed by atoms with Gasteiger partial charge in [-0.05, 0) is 24.3 Å². The first-order valence-electron chi connectivity index (χ1n) is 6.79. The molecule has 0 unspecified atom stereocenters. The van der Waals surface area contributed by atoms with E-state index in [-0.39, 0.29) is 11.2 Å². The van der Waals surface area contributed by atoms with Crippen LogP contribution in [-0.2, 0) is 5.41 Å². The Morgan fingerprint density at radius 3 is 2.45 bits per heavy atom. The molecule has 0 atom stereocenters. The third kappa shape index (κ3) is 2.39. The molecule has 0 aliphatic heterocycles. The highest BCUT2D eigenvalue weighted by atomic mass is 32.1. The summed E-state index contributed by atoms with van der Waals surface area (Å²) in [5.41, 5.74) is 1.90. The number of benzene rings is 1. The number of nitrogens with zero attached hydrogens (tertiary/aromatic N) is 2. The summed E-state index contributed by atoms with van der Waals surface area (Å²) in [6, 6.07) is 6.10. The van der Waals surface area contributed by atoms with E-state index in [1.54, 1.807) is 12.1 Å². The molecule has 3 aromatic rings. The molecule has 0 bridgehead atoms. The monoisotopic (exact) mass is 318 g/mol. The first kappa shape index (κ1) is 14.7. The fourth-order valence-electron chi connectivity index (χ4n) is 2.45. The van der Waals surface area contributed by atoms with E-state index in [1.165, 1.54) is 12.1 Å². The second-order valence-electron chi connectivity index (χ2n) is 6.12. The second kappa shape index (κ2) is 4.91. The molecule has 1 N–H and O–H groups in total. The van der Waals surface area contributed by atoms with Crippen LogP contribution in [0.2, 0.25) is 0 Å². The highest BCUT2D eigenvalue weighted by molar-refractivity contribution is 7.19. The molecule has 2 heterocycles. The summed E-state index contributed by atoms with van der Waals surface area (Å²) in [4.78, 5) is 16.9. The molecule has 6 heteroatoms. The van der Waals surface area contributed by atoms with Gasteiger partial charge in [-0.2, -0.15) is 0 Å². The molecule has 0 saturated carbocycles. The summed E-state index contributed by atoms with van der Waals surface area (Å²) in [7, 11) is 0. The number of aromatic nitrogens is 2. The molecule has 2 aromatic heterocycles.